The molecule has 146 valence electrons. The Labute approximate surface area is 172 Å². The van der Waals surface area contributed by atoms with Crippen molar-refractivity contribution in [2.24, 2.45) is 0 Å². The van der Waals surface area contributed by atoms with E-state index in [2.05, 4.69) is 20.8 Å². The van der Waals surface area contributed by atoms with E-state index in [0.717, 1.165) is 33.0 Å². The van der Waals surface area contributed by atoms with Crippen molar-refractivity contribution in [1.29, 1.82) is 0 Å². The van der Waals surface area contributed by atoms with Crippen LogP contribution < -0.4 is 15.4 Å². The van der Waals surface area contributed by atoms with Gasteiger partial charge in [0.15, 0.2) is 4.34 Å². The van der Waals surface area contributed by atoms with Crippen molar-refractivity contribution < 1.29 is 9.53 Å². The molecule has 0 bridgehead atoms. The molecule has 0 spiro atoms. The van der Waals surface area contributed by atoms with Gasteiger partial charge in [-0.1, -0.05) is 53.4 Å². The van der Waals surface area contributed by atoms with Gasteiger partial charge >= 0.3 is 0 Å². The molecule has 28 heavy (non-hydrogen) atoms. The number of hydrogen-bond donors (Lipinski definition) is 2. The number of nitrogens with one attached hydrogen (secondary N) is 2. The van der Waals surface area contributed by atoms with Gasteiger partial charge in [0, 0.05) is 12.2 Å². The van der Waals surface area contributed by atoms with Crippen LogP contribution >= 0.6 is 23.1 Å². The van der Waals surface area contributed by atoms with Gasteiger partial charge in [-0.2, -0.15) is 0 Å². The maximum atomic E-state index is 12.4. The standard InChI is InChI=1S/C20H22N4O2S2/c1-3-21-19-23-24-20(28-19)27-14(2)18(25)22-16-9-11-17(12-10-16)26-13-15-7-5-4-6-8-15/h4-12,14H,3,13H2,1-2H3,(H,21,23)(H,22,25)/t14-/m0/s1. The smallest absolute Gasteiger partial charge is 0.237 e. The van der Waals surface area contributed by atoms with Crippen molar-refractivity contribution >= 4 is 39.8 Å². The fourth-order valence-electron chi connectivity index (χ4n) is 2.30. The second-order valence-electron chi connectivity index (χ2n) is 5.95. The fraction of sp³-hybridized carbons (Fsp3) is 0.250. The van der Waals surface area contributed by atoms with Gasteiger partial charge in [0.25, 0.3) is 0 Å². The molecule has 0 saturated heterocycles. The first kappa shape index (κ1) is 20.2. The zero-order valence-corrected chi connectivity index (χ0v) is 17.3. The molecule has 3 aromatic rings. The van der Waals surface area contributed by atoms with Gasteiger partial charge in [0.1, 0.15) is 12.4 Å². The van der Waals surface area contributed by atoms with Crippen molar-refractivity contribution in [2.75, 3.05) is 17.2 Å². The van der Waals surface area contributed by atoms with Gasteiger partial charge < -0.3 is 15.4 Å². The van der Waals surface area contributed by atoms with Crippen LogP contribution in [0.3, 0.4) is 0 Å². The Balaban J connectivity index is 1.49. The molecule has 0 aliphatic rings. The van der Waals surface area contributed by atoms with Crippen LogP contribution in [-0.4, -0.2) is 27.9 Å². The second kappa shape index (κ2) is 10.1. The minimum Gasteiger partial charge on any atom is -0.489 e. The van der Waals surface area contributed by atoms with Crippen molar-refractivity contribution in [3.05, 3.63) is 60.2 Å². The van der Waals surface area contributed by atoms with Crippen LogP contribution in [0.15, 0.2) is 58.9 Å². The molecular weight excluding hydrogens is 392 g/mol. The molecule has 3 rings (SSSR count). The van der Waals surface area contributed by atoms with E-state index in [4.69, 9.17) is 4.74 Å². The van der Waals surface area contributed by atoms with Gasteiger partial charge in [0.2, 0.25) is 11.0 Å². The van der Waals surface area contributed by atoms with E-state index in [1.54, 1.807) is 0 Å². The third-order valence-corrected chi connectivity index (χ3v) is 5.82. The Kier molecular flexibility index (Phi) is 7.27. The highest BCUT2D eigenvalue weighted by Gasteiger charge is 2.17. The van der Waals surface area contributed by atoms with E-state index in [1.807, 2.05) is 68.4 Å². The van der Waals surface area contributed by atoms with Crippen molar-refractivity contribution in [1.82, 2.24) is 10.2 Å². The minimum atomic E-state index is -0.281. The summed E-state index contributed by atoms with van der Waals surface area (Å²) in [5.41, 5.74) is 1.84. The number of hydrogen-bond acceptors (Lipinski definition) is 7. The van der Waals surface area contributed by atoms with Gasteiger partial charge in [0.05, 0.1) is 5.25 Å². The Hall–Kier alpha value is -2.58. The largest absolute Gasteiger partial charge is 0.489 e. The fourth-order valence-corrected chi connectivity index (χ4v) is 4.27. The minimum absolute atomic E-state index is 0.0804. The molecule has 0 aliphatic carbocycles. The molecule has 0 fully saturated rings. The molecule has 2 N–H and O–H groups in total. The zero-order chi connectivity index (χ0) is 19.8. The predicted octanol–water partition coefficient (Wildman–Crippen LogP) is 4.67. The number of benzene rings is 2. The Morgan fingerprint density at radius 3 is 2.61 bits per heavy atom. The number of thioether (sulfide) groups is 1. The molecule has 8 heteroatoms. The summed E-state index contributed by atoms with van der Waals surface area (Å²) in [5.74, 6) is 0.678. The summed E-state index contributed by atoms with van der Waals surface area (Å²) in [4.78, 5) is 12.4. The molecule has 0 unspecified atom stereocenters. The summed E-state index contributed by atoms with van der Waals surface area (Å²) < 4.78 is 6.53. The maximum absolute atomic E-state index is 12.4. The van der Waals surface area contributed by atoms with E-state index >= 15 is 0 Å². The molecule has 0 radical (unpaired) electrons. The van der Waals surface area contributed by atoms with Gasteiger partial charge in [-0.25, -0.2) is 0 Å². The molecule has 6 nitrogen and oxygen atoms in total. The quantitative estimate of drug-likeness (QED) is 0.496. The summed E-state index contributed by atoms with van der Waals surface area (Å²) in [6, 6.07) is 17.4. The van der Waals surface area contributed by atoms with Crippen LogP contribution in [0.4, 0.5) is 10.8 Å². The summed E-state index contributed by atoms with van der Waals surface area (Å²) in [5, 5.41) is 14.7. The third kappa shape index (κ3) is 5.97. The van der Waals surface area contributed by atoms with Crippen molar-refractivity contribution in [3.8, 4) is 5.75 Å². The first-order valence-electron chi connectivity index (χ1n) is 8.95. The van der Waals surface area contributed by atoms with Crippen LogP contribution in [0.2, 0.25) is 0 Å². The lowest BCUT2D eigenvalue weighted by Crippen LogP contribution is -2.22. The number of ether oxygens (including phenoxy) is 1. The monoisotopic (exact) mass is 414 g/mol. The zero-order valence-electron chi connectivity index (χ0n) is 15.7. The number of carbonyl (C=O) groups excluding carboxylic acids is 1. The van der Waals surface area contributed by atoms with Crippen LogP contribution in [-0.2, 0) is 11.4 Å². The molecule has 1 heterocycles. The predicted molar refractivity (Wildman–Crippen MR) is 115 cm³/mol. The lowest BCUT2D eigenvalue weighted by molar-refractivity contribution is -0.115. The van der Waals surface area contributed by atoms with E-state index in [0.29, 0.717) is 6.61 Å². The van der Waals surface area contributed by atoms with Gasteiger partial charge in [-0.15, -0.1) is 10.2 Å². The topological polar surface area (TPSA) is 76.1 Å². The molecule has 1 aromatic heterocycles. The number of carbonyl (C=O) groups is 1. The number of nitrogens with zero attached hydrogens (tertiary/aromatic N) is 2. The van der Waals surface area contributed by atoms with E-state index in [9.17, 15) is 4.79 Å². The second-order valence-corrected chi connectivity index (χ2v) is 8.52. The number of aromatic nitrogens is 2. The van der Waals surface area contributed by atoms with Crippen LogP contribution in [0.1, 0.15) is 19.4 Å². The summed E-state index contributed by atoms with van der Waals surface area (Å²) in [7, 11) is 0. The maximum Gasteiger partial charge on any atom is 0.237 e. The van der Waals surface area contributed by atoms with Gasteiger partial charge in [-0.05, 0) is 43.7 Å². The van der Waals surface area contributed by atoms with Crippen LogP contribution in [0, 0.1) is 0 Å². The highest BCUT2D eigenvalue weighted by atomic mass is 32.2. The normalized spacial score (nSPS) is 11.6. The lowest BCUT2D eigenvalue weighted by atomic mass is 10.2. The van der Waals surface area contributed by atoms with E-state index < -0.39 is 0 Å². The Morgan fingerprint density at radius 2 is 1.89 bits per heavy atom. The van der Waals surface area contributed by atoms with Crippen LogP contribution in [0.5, 0.6) is 5.75 Å². The molecule has 1 atom stereocenters. The molecule has 0 saturated carbocycles. The van der Waals surface area contributed by atoms with Gasteiger partial charge in [-0.3, -0.25) is 4.79 Å². The summed E-state index contributed by atoms with van der Waals surface area (Å²) in [6.07, 6.45) is 0. The highest BCUT2D eigenvalue weighted by molar-refractivity contribution is 8.02. The first-order valence-corrected chi connectivity index (χ1v) is 10.7. The SMILES string of the molecule is CCNc1nnc(S[C@@H](C)C(=O)Nc2ccc(OCc3ccccc3)cc2)s1. The number of rotatable bonds is 9. The first-order chi connectivity index (χ1) is 13.6. The van der Waals surface area contributed by atoms with Crippen molar-refractivity contribution in [2.45, 2.75) is 30.0 Å². The van der Waals surface area contributed by atoms with E-state index in [1.165, 1.54) is 23.1 Å². The van der Waals surface area contributed by atoms with Crippen LogP contribution in [0.25, 0.3) is 0 Å². The Morgan fingerprint density at radius 1 is 1.14 bits per heavy atom. The number of anilines is 2. The Bertz CT molecular complexity index is 885. The summed E-state index contributed by atoms with van der Waals surface area (Å²) >= 11 is 2.84. The average molecular weight is 415 g/mol. The van der Waals surface area contributed by atoms with E-state index in [-0.39, 0.29) is 11.2 Å². The average Bonchev–Trinajstić information content (AvgIpc) is 3.15. The molecule has 0 aliphatic heterocycles. The van der Waals surface area contributed by atoms with Crippen molar-refractivity contribution in [3.63, 3.8) is 0 Å². The summed E-state index contributed by atoms with van der Waals surface area (Å²) in [6.45, 7) is 5.16. The number of amides is 1. The molecular formula is C20H22N4O2S2. The third-order valence-electron chi connectivity index (χ3n) is 3.75. The highest BCUT2D eigenvalue weighted by Crippen LogP contribution is 2.29. The molecule has 1 amide bonds. The lowest BCUT2D eigenvalue weighted by Gasteiger charge is -2.11. The molecule has 2 aromatic carbocycles.